The van der Waals surface area contributed by atoms with Crippen LogP contribution in [0.3, 0.4) is 0 Å². The van der Waals surface area contributed by atoms with Crippen molar-refractivity contribution in [1.82, 2.24) is 4.90 Å². The molecule has 0 aromatic heterocycles. The van der Waals surface area contributed by atoms with Gasteiger partial charge in [-0.2, -0.15) is 0 Å². The number of hydrogen-bond acceptors (Lipinski definition) is 3. The molecule has 112 valence electrons. The average Bonchev–Trinajstić information content (AvgIpc) is 2.37. The van der Waals surface area contributed by atoms with Crippen molar-refractivity contribution in [2.75, 3.05) is 19.7 Å². The van der Waals surface area contributed by atoms with Gasteiger partial charge in [0, 0.05) is 13.1 Å². The summed E-state index contributed by atoms with van der Waals surface area (Å²) in [6, 6.07) is 6.08. The molecule has 1 rings (SSSR count). The molecule has 0 radical (unpaired) electrons. The second kappa shape index (κ2) is 7.24. The Morgan fingerprint density at radius 3 is 2.60 bits per heavy atom. The fraction of sp³-hybridized carbons (Fsp3) is 0.533. The summed E-state index contributed by atoms with van der Waals surface area (Å²) in [5, 5.41) is 9.73. The molecular formula is C15H22FNO3. The topological polar surface area (TPSA) is 49.8 Å². The van der Waals surface area contributed by atoms with Gasteiger partial charge in [0.1, 0.15) is 0 Å². The van der Waals surface area contributed by atoms with E-state index in [0.29, 0.717) is 6.54 Å². The molecule has 4 nitrogen and oxygen atoms in total. The number of carbonyl (C=O) groups is 1. The largest absolute Gasteiger partial charge is 0.490 e. The van der Waals surface area contributed by atoms with Gasteiger partial charge in [-0.15, -0.1) is 0 Å². The number of likely N-dealkylation sites (N-methyl/N-ethyl adjacent to an activating group) is 1. The summed E-state index contributed by atoms with van der Waals surface area (Å²) in [7, 11) is 0. The molecule has 0 saturated carbocycles. The van der Waals surface area contributed by atoms with Crippen LogP contribution in [-0.2, 0) is 4.79 Å². The summed E-state index contributed by atoms with van der Waals surface area (Å²) in [6.07, 6.45) is 0.151. The third kappa shape index (κ3) is 5.57. The van der Waals surface area contributed by atoms with Crippen molar-refractivity contribution < 1.29 is 19.0 Å². The summed E-state index contributed by atoms with van der Waals surface area (Å²) in [5.41, 5.74) is -0.932. The molecule has 0 saturated heterocycles. The molecule has 0 spiro atoms. The average molecular weight is 283 g/mol. The fourth-order valence-electron chi connectivity index (χ4n) is 1.81. The van der Waals surface area contributed by atoms with Crippen molar-refractivity contribution in [2.24, 2.45) is 0 Å². The monoisotopic (exact) mass is 283 g/mol. The first kappa shape index (κ1) is 16.4. The van der Waals surface area contributed by atoms with Crippen LogP contribution in [-0.4, -0.2) is 41.2 Å². The van der Waals surface area contributed by atoms with Gasteiger partial charge in [-0.05, 0) is 32.9 Å². The molecular weight excluding hydrogens is 261 g/mol. The van der Waals surface area contributed by atoms with E-state index in [1.807, 2.05) is 6.92 Å². The van der Waals surface area contributed by atoms with Crippen molar-refractivity contribution in [3.05, 3.63) is 30.1 Å². The van der Waals surface area contributed by atoms with E-state index in [-0.39, 0.29) is 31.2 Å². The lowest BCUT2D eigenvalue weighted by Crippen LogP contribution is -2.42. The highest BCUT2D eigenvalue weighted by molar-refractivity contribution is 5.76. The molecule has 0 heterocycles. The number of hydrogen-bond donors (Lipinski definition) is 1. The zero-order chi connectivity index (χ0) is 15.2. The van der Waals surface area contributed by atoms with E-state index < -0.39 is 11.4 Å². The Kier molecular flexibility index (Phi) is 5.95. The third-order valence-corrected chi connectivity index (χ3v) is 2.72. The first-order chi connectivity index (χ1) is 9.33. The lowest BCUT2D eigenvalue weighted by molar-refractivity contribution is -0.134. The number of rotatable bonds is 7. The van der Waals surface area contributed by atoms with E-state index >= 15 is 0 Å². The van der Waals surface area contributed by atoms with Crippen LogP contribution in [0.4, 0.5) is 4.39 Å². The minimum Gasteiger partial charge on any atom is -0.490 e. The number of halogens is 1. The van der Waals surface area contributed by atoms with Crippen molar-refractivity contribution in [3.8, 4) is 5.75 Å². The zero-order valence-corrected chi connectivity index (χ0v) is 12.2. The predicted molar refractivity (Wildman–Crippen MR) is 75.1 cm³/mol. The van der Waals surface area contributed by atoms with E-state index in [4.69, 9.17) is 4.74 Å². The number of nitrogens with zero attached hydrogens (tertiary/aromatic N) is 1. The van der Waals surface area contributed by atoms with E-state index in [2.05, 4.69) is 0 Å². The first-order valence-electron chi connectivity index (χ1n) is 6.71. The van der Waals surface area contributed by atoms with Crippen LogP contribution >= 0.6 is 0 Å². The van der Waals surface area contributed by atoms with Gasteiger partial charge in [-0.3, -0.25) is 4.79 Å². The highest BCUT2D eigenvalue weighted by Crippen LogP contribution is 2.15. The minimum absolute atomic E-state index is 0.113. The first-order valence-corrected chi connectivity index (χ1v) is 6.71. The zero-order valence-electron chi connectivity index (χ0n) is 12.2. The number of para-hydroxylation sites is 1. The normalized spacial score (nSPS) is 11.2. The molecule has 0 unspecified atom stereocenters. The molecule has 0 aliphatic heterocycles. The SMILES string of the molecule is CCN(CC(C)(C)O)C(=O)CCOc1ccccc1F. The van der Waals surface area contributed by atoms with Gasteiger partial charge >= 0.3 is 0 Å². The Hall–Kier alpha value is -1.62. The van der Waals surface area contributed by atoms with Gasteiger partial charge in [-0.1, -0.05) is 12.1 Å². The summed E-state index contributed by atoms with van der Waals surface area (Å²) >= 11 is 0. The molecule has 0 aliphatic carbocycles. The molecule has 1 N–H and O–H groups in total. The van der Waals surface area contributed by atoms with Gasteiger partial charge in [0.15, 0.2) is 11.6 Å². The summed E-state index contributed by atoms with van der Waals surface area (Å²) in [6.45, 7) is 6.05. The van der Waals surface area contributed by atoms with Crippen LogP contribution in [0.5, 0.6) is 5.75 Å². The Labute approximate surface area is 119 Å². The highest BCUT2D eigenvalue weighted by Gasteiger charge is 2.21. The quantitative estimate of drug-likeness (QED) is 0.834. The van der Waals surface area contributed by atoms with Crippen molar-refractivity contribution in [3.63, 3.8) is 0 Å². The van der Waals surface area contributed by atoms with Gasteiger partial charge in [-0.25, -0.2) is 4.39 Å². The fourth-order valence-corrected chi connectivity index (χ4v) is 1.81. The summed E-state index contributed by atoms with van der Waals surface area (Å²) in [4.78, 5) is 13.5. The van der Waals surface area contributed by atoms with Crippen LogP contribution in [0.2, 0.25) is 0 Å². The molecule has 1 aromatic rings. The van der Waals surface area contributed by atoms with E-state index in [0.717, 1.165) is 0 Å². The Bertz CT molecular complexity index is 443. The molecule has 0 aliphatic rings. The molecule has 0 atom stereocenters. The van der Waals surface area contributed by atoms with Gasteiger partial charge < -0.3 is 14.7 Å². The Morgan fingerprint density at radius 1 is 1.40 bits per heavy atom. The third-order valence-electron chi connectivity index (χ3n) is 2.72. The molecule has 1 amide bonds. The van der Waals surface area contributed by atoms with Crippen LogP contribution < -0.4 is 4.74 Å². The van der Waals surface area contributed by atoms with Crippen molar-refractivity contribution in [1.29, 1.82) is 0 Å². The van der Waals surface area contributed by atoms with Crippen LogP contribution in [0, 0.1) is 5.82 Å². The second-order valence-corrected chi connectivity index (χ2v) is 5.25. The highest BCUT2D eigenvalue weighted by atomic mass is 19.1. The number of amides is 1. The van der Waals surface area contributed by atoms with Crippen molar-refractivity contribution >= 4 is 5.91 Å². The minimum atomic E-state index is -0.932. The Morgan fingerprint density at radius 2 is 2.05 bits per heavy atom. The van der Waals surface area contributed by atoms with Gasteiger partial charge in [0.2, 0.25) is 5.91 Å². The molecule has 5 heteroatoms. The second-order valence-electron chi connectivity index (χ2n) is 5.25. The molecule has 0 bridgehead atoms. The van der Waals surface area contributed by atoms with Gasteiger partial charge in [0.05, 0.1) is 18.6 Å². The van der Waals surface area contributed by atoms with Crippen molar-refractivity contribution in [2.45, 2.75) is 32.8 Å². The van der Waals surface area contributed by atoms with Crippen LogP contribution in [0.15, 0.2) is 24.3 Å². The maximum Gasteiger partial charge on any atom is 0.226 e. The number of carbonyl (C=O) groups excluding carboxylic acids is 1. The van der Waals surface area contributed by atoms with Crippen LogP contribution in [0.1, 0.15) is 27.2 Å². The lowest BCUT2D eigenvalue weighted by atomic mass is 10.1. The summed E-state index contributed by atoms with van der Waals surface area (Å²) in [5.74, 6) is -0.416. The van der Waals surface area contributed by atoms with E-state index in [1.54, 1.807) is 30.9 Å². The van der Waals surface area contributed by atoms with E-state index in [9.17, 15) is 14.3 Å². The summed E-state index contributed by atoms with van der Waals surface area (Å²) < 4.78 is 18.6. The van der Waals surface area contributed by atoms with E-state index in [1.165, 1.54) is 12.1 Å². The van der Waals surface area contributed by atoms with Crippen LogP contribution in [0.25, 0.3) is 0 Å². The van der Waals surface area contributed by atoms with Gasteiger partial charge in [0.25, 0.3) is 0 Å². The molecule has 20 heavy (non-hydrogen) atoms. The lowest BCUT2D eigenvalue weighted by Gasteiger charge is -2.28. The number of ether oxygens (including phenoxy) is 1. The predicted octanol–water partition coefficient (Wildman–Crippen LogP) is 2.21. The molecule has 1 aromatic carbocycles. The maximum absolute atomic E-state index is 13.3. The maximum atomic E-state index is 13.3. The Balaban J connectivity index is 2.44. The standard InChI is InChI=1S/C15H22FNO3/c1-4-17(11-15(2,3)19)14(18)9-10-20-13-8-6-5-7-12(13)16/h5-8,19H,4,9-11H2,1-3H3. The number of aliphatic hydroxyl groups is 1. The number of benzene rings is 1. The molecule has 0 fully saturated rings. The smallest absolute Gasteiger partial charge is 0.226 e.